The van der Waals surface area contributed by atoms with Gasteiger partial charge in [0, 0.05) is 17.8 Å². The smallest absolute Gasteiger partial charge is 0.258 e. The Morgan fingerprint density at radius 3 is 2.68 bits per heavy atom. The number of nitrogens with zero attached hydrogens (tertiary/aromatic N) is 2. The molecule has 2 aromatic heterocycles. The number of rotatable bonds is 3. The molecule has 0 amide bonds. The fourth-order valence-corrected chi connectivity index (χ4v) is 2.59. The normalized spacial score (nSPS) is 11.8. The first-order chi connectivity index (χ1) is 10.7. The van der Waals surface area contributed by atoms with Crippen molar-refractivity contribution in [2.75, 3.05) is 0 Å². The number of aromatic nitrogens is 2. The third-order valence-corrected chi connectivity index (χ3v) is 3.66. The van der Waals surface area contributed by atoms with Crippen molar-refractivity contribution in [2.24, 2.45) is 0 Å². The highest BCUT2D eigenvalue weighted by Crippen LogP contribution is 2.22. The summed E-state index contributed by atoms with van der Waals surface area (Å²) in [5.41, 5.74) is 4.46. The van der Waals surface area contributed by atoms with Crippen molar-refractivity contribution < 1.29 is 0 Å². The van der Waals surface area contributed by atoms with Crippen LogP contribution in [-0.4, -0.2) is 9.38 Å². The maximum absolute atomic E-state index is 12.4. The van der Waals surface area contributed by atoms with Gasteiger partial charge in [0.15, 0.2) is 0 Å². The summed E-state index contributed by atoms with van der Waals surface area (Å²) in [6, 6.07) is 15.5. The van der Waals surface area contributed by atoms with Crippen LogP contribution < -0.4 is 5.56 Å². The Kier molecular flexibility index (Phi) is 3.88. The Bertz CT molecular complexity index is 892. The van der Waals surface area contributed by atoms with Crippen molar-refractivity contribution in [2.45, 2.75) is 20.3 Å². The fraction of sp³-hybridized carbons (Fsp3) is 0.158. The molecule has 3 nitrogen and oxygen atoms in total. The van der Waals surface area contributed by atoms with E-state index in [1.165, 1.54) is 0 Å². The van der Waals surface area contributed by atoms with Crippen LogP contribution in [0.2, 0.25) is 0 Å². The minimum atomic E-state index is -0.0540. The van der Waals surface area contributed by atoms with E-state index in [1.54, 1.807) is 16.7 Å². The standard InChI is InChI=1S/C19H18N2O/c1-3-8-16(15-10-5-4-6-11-15)17-13-18(22)21-12-7-9-14(2)19(21)20-17/h4-13H,3H2,1-2H3. The summed E-state index contributed by atoms with van der Waals surface area (Å²) in [7, 11) is 0. The van der Waals surface area contributed by atoms with Crippen LogP contribution in [0.3, 0.4) is 0 Å². The van der Waals surface area contributed by atoms with Crippen molar-refractivity contribution in [1.82, 2.24) is 9.38 Å². The van der Waals surface area contributed by atoms with Crippen molar-refractivity contribution in [3.05, 3.63) is 88.0 Å². The second-order valence-electron chi connectivity index (χ2n) is 5.26. The van der Waals surface area contributed by atoms with Gasteiger partial charge < -0.3 is 0 Å². The van der Waals surface area contributed by atoms with Crippen LogP contribution in [0.4, 0.5) is 0 Å². The third-order valence-electron chi connectivity index (χ3n) is 3.66. The summed E-state index contributed by atoms with van der Waals surface area (Å²) in [5, 5.41) is 0. The highest BCUT2D eigenvalue weighted by Gasteiger charge is 2.10. The summed E-state index contributed by atoms with van der Waals surface area (Å²) in [6.45, 7) is 4.05. The molecule has 0 fully saturated rings. The van der Waals surface area contributed by atoms with Crippen molar-refractivity contribution in [3.63, 3.8) is 0 Å². The minimum Gasteiger partial charge on any atom is -0.269 e. The molecule has 0 spiro atoms. The molecule has 110 valence electrons. The molecule has 3 rings (SSSR count). The van der Waals surface area contributed by atoms with Gasteiger partial charge in [-0.15, -0.1) is 0 Å². The Morgan fingerprint density at radius 1 is 1.18 bits per heavy atom. The lowest BCUT2D eigenvalue weighted by Crippen LogP contribution is -2.16. The first-order valence-electron chi connectivity index (χ1n) is 7.45. The molecule has 0 aliphatic rings. The van der Waals surface area contributed by atoms with Crippen molar-refractivity contribution in [3.8, 4) is 0 Å². The van der Waals surface area contributed by atoms with Gasteiger partial charge in [-0.1, -0.05) is 49.4 Å². The monoisotopic (exact) mass is 290 g/mol. The minimum absolute atomic E-state index is 0.0540. The Morgan fingerprint density at radius 2 is 1.95 bits per heavy atom. The van der Waals surface area contributed by atoms with Gasteiger partial charge in [-0.25, -0.2) is 4.98 Å². The molecule has 0 bridgehead atoms. The molecular formula is C19H18N2O. The van der Waals surface area contributed by atoms with Crippen molar-refractivity contribution in [1.29, 1.82) is 0 Å². The number of aryl methyl sites for hydroxylation is 1. The lowest BCUT2D eigenvalue weighted by atomic mass is 10.0. The van der Waals surface area contributed by atoms with E-state index in [0.717, 1.165) is 28.8 Å². The SMILES string of the molecule is CCC=C(c1ccccc1)c1cc(=O)n2cccc(C)c2n1. The molecule has 0 saturated carbocycles. The van der Waals surface area contributed by atoms with E-state index in [2.05, 4.69) is 13.0 Å². The Balaban J connectivity index is 2.26. The number of hydrogen-bond donors (Lipinski definition) is 0. The summed E-state index contributed by atoms with van der Waals surface area (Å²) < 4.78 is 1.59. The average molecular weight is 290 g/mol. The van der Waals surface area contributed by atoms with E-state index in [0.29, 0.717) is 5.65 Å². The lowest BCUT2D eigenvalue weighted by molar-refractivity contribution is 1.02. The molecule has 1 aromatic carbocycles. The zero-order valence-corrected chi connectivity index (χ0v) is 12.8. The molecule has 0 aliphatic carbocycles. The first-order valence-corrected chi connectivity index (χ1v) is 7.45. The van der Waals surface area contributed by atoms with Crippen LogP contribution in [-0.2, 0) is 0 Å². The number of pyridine rings is 1. The molecular weight excluding hydrogens is 272 g/mol. The number of fused-ring (bicyclic) bond motifs is 1. The van der Waals surface area contributed by atoms with Crippen LogP contribution in [0.1, 0.15) is 30.2 Å². The van der Waals surface area contributed by atoms with Crippen LogP contribution >= 0.6 is 0 Å². The van der Waals surface area contributed by atoms with Crippen LogP contribution in [0.5, 0.6) is 0 Å². The summed E-state index contributed by atoms with van der Waals surface area (Å²) >= 11 is 0. The number of hydrogen-bond acceptors (Lipinski definition) is 2. The molecule has 0 radical (unpaired) electrons. The van der Waals surface area contributed by atoms with E-state index in [1.807, 2.05) is 49.4 Å². The van der Waals surface area contributed by atoms with E-state index in [4.69, 9.17) is 4.98 Å². The molecule has 2 heterocycles. The second-order valence-corrected chi connectivity index (χ2v) is 5.26. The van der Waals surface area contributed by atoms with E-state index in [9.17, 15) is 4.79 Å². The number of benzene rings is 1. The molecule has 3 heteroatoms. The molecule has 0 N–H and O–H groups in total. The zero-order chi connectivity index (χ0) is 15.5. The molecule has 22 heavy (non-hydrogen) atoms. The molecule has 0 saturated heterocycles. The van der Waals surface area contributed by atoms with Gasteiger partial charge >= 0.3 is 0 Å². The summed E-state index contributed by atoms with van der Waals surface area (Å²) in [6.07, 6.45) is 4.76. The van der Waals surface area contributed by atoms with Gasteiger partial charge in [0.2, 0.25) is 0 Å². The van der Waals surface area contributed by atoms with Gasteiger partial charge in [0.25, 0.3) is 5.56 Å². The first kappa shape index (κ1) is 14.3. The summed E-state index contributed by atoms with van der Waals surface area (Å²) in [4.78, 5) is 17.1. The van der Waals surface area contributed by atoms with Crippen LogP contribution in [0, 0.1) is 6.92 Å². The summed E-state index contributed by atoms with van der Waals surface area (Å²) in [5.74, 6) is 0. The Labute approximate surface area is 129 Å². The maximum Gasteiger partial charge on any atom is 0.258 e. The van der Waals surface area contributed by atoms with Gasteiger partial charge in [-0.2, -0.15) is 0 Å². The van der Waals surface area contributed by atoms with E-state index < -0.39 is 0 Å². The van der Waals surface area contributed by atoms with Gasteiger partial charge in [0.05, 0.1) is 5.69 Å². The van der Waals surface area contributed by atoms with E-state index >= 15 is 0 Å². The topological polar surface area (TPSA) is 34.4 Å². The molecule has 0 unspecified atom stereocenters. The predicted molar refractivity (Wildman–Crippen MR) is 90.0 cm³/mol. The number of allylic oxidation sites excluding steroid dienone is 1. The van der Waals surface area contributed by atoms with Crippen LogP contribution in [0.15, 0.2) is 65.6 Å². The predicted octanol–water partition coefficient (Wildman–Crippen LogP) is 3.84. The largest absolute Gasteiger partial charge is 0.269 e. The van der Waals surface area contributed by atoms with E-state index in [-0.39, 0.29) is 5.56 Å². The lowest BCUT2D eigenvalue weighted by Gasteiger charge is -2.10. The fourth-order valence-electron chi connectivity index (χ4n) is 2.59. The quantitative estimate of drug-likeness (QED) is 0.734. The second kappa shape index (κ2) is 5.98. The van der Waals surface area contributed by atoms with Gasteiger partial charge in [0.1, 0.15) is 5.65 Å². The van der Waals surface area contributed by atoms with Gasteiger partial charge in [-0.05, 0) is 30.5 Å². The van der Waals surface area contributed by atoms with Crippen molar-refractivity contribution >= 4 is 11.2 Å². The molecule has 0 atom stereocenters. The Hall–Kier alpha value is -2.68. The maximum atomic E-state index is 12.4. The zero-order valence-electron chi connectivity index (χ0n) is 12.8. The third kappa shape index (κ3) is 2.58. The van der Waals surface area contributed by atoms with Crippen LogP contribution in [0.25, 0.3) is 11.2 Å². The molecule has 3 aromatic rings. The average Bonchev–Trinajstić information content (AvgIpc) is 2.54. The highest BCUT2D eigenvalue weighted by molar-refractivity contribution is 5.78. The molecule has 0 aliphatic heterocycles. The highest BCUT2D eigenvalue weighted by atomic mass is 16.1. The van der Waals surface area contributed by atoms with Gasteiger partial charge in [-0.3, -0.25) is 9.20 Å².